The first-order valence-electron chi connectivity index (χ1n) is 9.00. The van der Waals surface area contributed by atoms with E-state index in [1.165, 1.54) is 12.8 Å². The van der Waals surface area contributed by atoms with Gasteiger partial charge in [0.15, 0.2) is 0 Å². The zero-order chi connectivity index (χ0) is 16.7. The topological polar surface area (TPSA) is 62.2 Å². The fraction of sp³-hybridized carbons (Fsp3) is 0.500. The number of carbonyl (C=O) groups excluding carboxylic acids is 1. The third-order valence-corrected chi connectivity index (χ3v) is 5.26. The minimum atomic E-state index is -0.205. The van der Waals surface area contributed by atoms with Crippen LogP contribution in [0.2, 0.25) is 0 Å². The first-order chi connectivity index (χ1) is 11.6. The van der Waals surface area contributed by atoms with Gasteiger partial charge in [-0.2, -0.15) is 0 Å². The second-order valence-electron chi connectivity index (χ2n) is 7.37. The maximum absolute atomic E-state index is 12.9. The molecule has 4 nitrogen and oxygen atoms in total. The lowest BCUT2D eigenvalue weighted by molar-refractivity contribution is 0.0869. The molecule has 0 atom stereocenters. The number of hydrogen-bond donors (Lipinski definition) is 2. The summed E-state index contributed by atoms with van der Waals surface area (Å²) in [4.78, 5) is 17.7. The van der Waals surface area contributed by atoms with Gasteiger partial charge < -0.3 is 10.4 Å². The Bertz CT molecular complexity index is 775. The van der Waals surface area contributed by atoms with E-state index in [1.54, 1.807) is 0 Å². The predicted molar refractivity (Wildman–Crippen MR) is 94.2 cm³/mol. The molecule has 0 saturated heterocycles. The smallest absolute Gasteiger partial charge is 0.252 e. The van der Waals surface area contributed by atoms with Crippen LogP contribution in [-0.2, 0) is 0 Å². The Hall–Kier alpha value is -1.94. The summed E-state index contributed by atoms with van der Waals surface area (Å²) in [6, 6.07) is 8.28. The van der Waals surface area contributed by atoms with Crippen LogP contribution < -0.4 is 5.32 Å². The summed E-state index contributed by atoms with van der Waals surface area (Å²) in [6.45, 7) is 2.04. The fourth-order valence-corrected chi connectivity index (χ4v) is 3.62. The van der Waals surface area contributed by atoms with Crippen LogP contribution in [-0.4, -0.2) is 28.1 Å². The number of nitrogens with zero attached hydrogens (tertiary/aromatic N) is 1. The SMILES string of the molecule is Cc1ccc2nc(C3CC3)cc(C(=O)NC3CCC(O)CC3)c2c1. The van der Waals surface area contributed by atoms with Crippen LogP contribution >= 0.6 is 0 Å². The first kappa shape index (κ1) is 15.6. The van der Waals surface area contributed by atoms with Gasteiger partial charge in [-0.05, 0) is 63.6 Å². The molecule has 1 amide bonds. The van der Waals surface area contributed by atoms with E-state index in [0.29, 0.717) is 5.92 Å². The number of rotatable bonds is 3. The lowest BCUT2D eigenvalue weighted by Gasteiger charge is -2.26. The van der Waals surface area contributed by atoms with Gasteiger partial charge in [-0.15, -0.1) is 0 Å². The van der Waals surface area contributed by atoms with Crippen molar-refractivity contribution in [2.24, 2.45) is 0 Å². The molecule has 1 aromatic heterocycles. The van der Waals surface area contributed by atoms with Gasteiger partial charge >= 0.3 is 0 Å². The molecule has 1 heterocycles. The average Bonchev–Trinajstić information content (AvgIpc) is 3.41. The number of fused-ring (bicyclic) bond motifs is 1. The maximum atomic E-state index is 12.9. The van der Waals surface area contributed by atoms with E-state index in [4.69, 9.17) is 4.98 Å². The van der Waals surface area contributed by atoms with Crippen LogP contribution in [0.15, 0.2) is 24.3 Å². The van der Waals surface area contributed by atoms with Gasteiger partial charge in [0.25, 0.3) is 5.91 Å². The molecule has 126 valence electrons. The molecule has 2 N–H and O–H groups in total. The Morgan fingerprint density at radius 3 is 2.58 bits per heavy atom. The lowest BCUT2D eigenvalue weighted by Crippen LogP contribution is -2.38. The molecule has 2 aromatic rings. The number of carbonyl (C=O) groups is 1. The molecule has 4 heteroatoms. The van der Waals surface area contributed by atoms with Gasteiger partial charge in [-0.1, -0.05) is 11.6 Å². The predicted octanol–water partition coefficient (Wildman–Crippen LogP) is 3.45. The van der Waals surface area contributed by atoms with Crippen LogP contribution in [0.5, 0.6) is 0 Å². The molecule has 0 bridgehead atoms. The highest BCUT2D eigenvalue weighted by Crippen LogP contribution is 2.40. The van der Waals surface area contributed by atoms with Crippen molar-refractivity contribution in [2.75, 3.05) is 0 Å². The molecule has 2 aliphatic carbocycles. The molecule has 0 spiro atoms. The Morgan fingerprint density at radius 1 is 1.12 bits per heavy atom. The first-order valence-corrected chi connectivity index (χ1v) is 9.00. The van der Waals surface area contributed by atoms with Gasteiger partial charge in [-0.3, -0.25) is 9.78 Å². The average molecular weight is 324 g/mol. The monoisotopic (exact) mass is 324 g/mol. The molecule has 0 aliphatic heterocycles. The third-order valence-electron chi connectivity index (χ3n) is 5.26. The van der Waals surface area contributed by atoms with Gasteiger partial charge in [0.2, 0.25) is 0 Å². The van der Waals surface area contributed by atoms with Gasteiger partial charge in [-0.25, -0.2) is 0 Å². The summed E-state index contributed by atoms with van der Waals surface area (Å²) < 4.78 is 0. The largest absolute Gasteiger partial charge is 0.393 e. The minimum Gasteiger partial charge on any atom is -0.393 e. The normalized spacial score (nSPS) is 24.1. The Morgan fingerprint density at radius 2 is 1.88 bits per heavy atom. The van der Waals surface area contributed by atoms with E-state index in [-0.39, 0.29) is 18.1 Å². The van der Waals surface area contributed by atoms with Crippen LogP contribution in [0.1, 0.15) is 66.1 Å². The number of benzene rings is 1. The van der Waals surface area contributed by atoms with Crippen molar-refractivity contribution in [3.05, 3.63) is 41.1 Å². The van der Waals surface area contributed by atoms with E-state index < -0.39 is 0 Å². The number of nitrogens with one attached hydrogen (secondary N) is 1. The summed E-state index contributed by atoms with van der Waals surface area (Å²) in [7, 11) is 0. The van der Waals surface area contributed by atoms with Gasteiger partial charge in [0.05, 0.1) is 17.2 Å². The van der Waals surface area contributed by atoms with E-state index in [1.807, 2.05) is 19.1 Å². The van der Waals surface area contributed by atoms with E-state index in [2.05, 4.69) is 17.4 Å². The quantitative estimate of drug-likeness (QED) is 0.909. The Labute approximate surface area is 142 Å². The molecular formula is C20H24N2O2. The van der Waals surface area contributed by atoms with Crippen molar-refractivity contribution in [1.82, 2.24) is 10.3 Å². The molecule has 2 aliphatic rings. The second kappa shape index (κ2) is 6.17. The van der Waals surface area contributed by atoms with Crippen molar-refractivity contribution >= 4 is 16.8 Å². The third kappa shape index (κ3) is 3.16. The summed E-state index contributed by atoms with van der Waals surface area (Å²) in [5, 5.41) is 13.7. The lowest BCUT2D eigenvalue weighted by atomic mass is 9.92. The zero-order valence-electron chi connectivity index (χ0n) is 14.1. The zero-order valence-corrected chi connectivity index (χ0v) is 14.1. The van der Waals surface area contributed by atoms with Crippen molar-refractivity contribution < 1.29 is 9.90 Å². The number of aryl methyl sites for hydroxylation is 1. The van der Waals surface area contributed by atoms with Crippen LogP contribution in [0.3, 0.4) is 0 Å². The number of hydrogen-bond acceptors (Lipinski definition) is 3. The summed E-state index contributed by atoms with van der Waals surface area (Å²) >= 11 is 0. The standard InChI is InChI=1S/C20H24N2O2/c1-12-2-9-18-16(10-12)17(11-19(22-18)13-3-4-13)20(24)21-14-5-7-15(23)8-6-14/h2,9-11,13-15,23H,3-8H2,1H3,(H,21,24). The van der Waals surface area contributed by atoms with Crippen molar-refractivity contribution in [2.45, 2.75) is 63.5 Å². The fourth-order valence-electron chi connectivity index (χ4n) is 3.62. The second-order valence-corrected chi connectivity index (χ2v) is 7.37. The number of amides is 1. The van der Waals surface area contributed by atoms with Crippen molar-refractivity contribution in [1.29, 1.82) is 0 Å². The van der Waals surface area contributed by atoms with Crippen molar-refractivity contribution in [3.63, 3.8) is 0 Å². The highest BCUT2D eigenvalue weighted by Gasteiger charge is 2.28. The summed E-state index contributed by atoms with van der Waals surface area (Å²) in [5.74, 6) is 0.517. The van der Waals surface area contributed by atoms with Crippen LogP contribution in [0.25, 0.3) is 10.9 Å². The van der Waals surface area contributed by atoms with Gasteiger partial charge in [0, 0.05) is 23.0 Å². The Kier molecular flexibility index (Phi) is 4.01. The molecule has 0 unspecified atom stereocenters. The highest BCUT2D eigenvalue weighted by molar-refractivity contribution is 6.06. The Balaban J connectivity index is 1.66. The molecule has 2 fully saturated rings. The number of pyridine rings is 1. The summed E-state index contributed by atoms with van der Waals surface area (Å²) in [6.07, 6.45) is 5.39. The number of aliphatic hydroxyl groups is 1. The van der Waals surface area contributed by atoms with Crippen LogP contribution in [0.4, 0.5) is 0 Å². The molecule has 1 aromatic carbocycles. The van der Waals surface area contributed by atoms with Crippen LogP contribution in [0, 0.1) is 6.92 Å². The highest BCUT2D eigenvalue weighted by atomic mass is 16.3. The molecule has 2 saturated carbocycles. The molecule has 0 radical (unpaired) electrons. The minimum absolute atomic E-state index is 0.00344. The number of aliphatic hydroxyl groups excluding tert-OH is 1. The number of aromatic nitrogens is 1. The molecule has 24 heavy (non-hydrogen) atoms. The van der Waals surface area contributed by atoms with E-state index in [0.717, 1.165) is 53.4 Å². The van der Waals surface area contributed by atoms with Crippen molar-refractivity contribution in [3.8, 4) is 0 Å². The summed E-state index contributed by atoms with van der Waals surface area (Å²) in [5.41, 5.74) is 3.85. The molecular weight excluding hydrogens is 300 g/mol. The van der Waals surface area contributed by atoms with Gasteiger partial charge in [0.1, 0.15) is 0 Å². The molecule has 4 rings (SSSR count). The van der Waals surface area contributed by atoms with E-state index in [9.17, 15) is 9.90 Å². The van der Waals surface area contributed by atoms with E-state index >= 15 is 0 Å². The maximum Gasteiger partial charge on any atom is 0.252 e.